The van der Waals surface area contributed by atoms with Gasteiger partial charge in [-0.1, -0.05) is 0 Å². The Balaban J connectivity index is 1.83. The number of methoxy groups -OCH3 is 1. The van der Waals surface area contributed by atoms with E-state index in [0.29, 0.717) is 24.3 Å². The summed E-state index contributed by atoms with van der Waals surface area (Å²) in [5, 5.41) is 4.61. The lowest BCUT2D eigenvalue weighted by Crippen LogP contribution is -2.47. The van der Waals surface area contributed by atoms with Crippen molar-refractivity contribution in [2.24, 2.45) is 0 Å². The van der Waals surface area contributed by atoms with Crippen LogP contribution in [0, 0.1) is 12.7 Å². The average molecular weight is 389 g/mol. The second-order valence-corrected chi connectivity index (χ2v) is 8.20. The number of rotatable bonds is 3. The van der Waals surface area contributed by atoms with Crippen LogP contribution in [0.3, 0.4) is 0 Å². The Labute approximate surface area is 165 Å². The smallest absolute Gasteiger partial charge is 0.410 e. The summed E-state index contributed by atoms with van der Waals surface area (Å²) in [6.45, 7) is 8.67. The Bertz CT molecular complexity index is 879. The molecule has 1 aliphatic rings. The van der Waals surface area contributed by atoms with E-state index in [1.54, 1.807) is 23.2 Å². The fourth-order valence-electron chi connectivity index (χ4n) is 3.55. The van der Waals surface area contributed by atoms with Gasteiger partial charge in [0, 0.05) is 36.1 Å². The molecule has 28 heavy (non-hydrogen) atoms. The number of likely N-dealkylation sites (tertiary alicyclic amines) is 1. The number of benzene rings is 1. The third-order valence-corrected chi connectivity index (χ3v) is 4.78. The lowest BCUT2D eigenvalue weighted by atomic mass is 10.0. The normalized spacial score (nSPS) is 17.5. The van der Waals surface area contributed by atoms with Gasteiger partial charge in [-0.2, -0.15) is 0 Å². The summed E-state index contributed by atoms with van der Waals surface area (Å²) in [5.41, 5.74) is 0.353. The van der Waals surface area contributed by atoms with Crippen molar-refractivity contribution >= 4 is 22.7 Å². The number of nitrogens with one attached hydrogen (secondary N) is 1. The Morgan fingerprint density at radius 1 is 1.39 bits per heavy atom. The molecule has 1 fully saturated rings. The zero-order valence-corrected chi connectivity index (χ0v) is 17.1. The summed E-state index contributed by atoms with van der Waals surface area (Å²) in [6, 6.07) is 3.35. The quantitative estimate of drug-likeness (QED) is 0.837. The van der Waals surface area contributed by atoms with E-state index in [1.807, 2.05) is 27.7 Å². The van der Waals surface area contributed by atoms with Crippen molar-refractivity contribution in [3.05, 3.63) is 29.7 Å². The molecule has 7 heteroatoms. The van der Waals surface area contributed by atoms with Crippen LogP contribution in [0.5, 0.6) is 5.75 Å². The van der Waals surface area contributed by atoms with Gasteiger partial charge in [0.15, 0.2) is 11.6 Å². The number of nitrogens with zero attached hydrogens (tertiary/aromatic N) is 2. The number of aryl methyl sites for hydroxylation is 1. The summed E-state index contributed by atoms with van der Waals surface area (Å²) >= 11 is 0. The van der Waals surface area contributed by atoms with Crippen LogP contribution >= 0.6 is 0 Å². The van der Waals surface area contributed by atoms with Gasteiger partial charge in [-0.3, -0.25) is 0 Å². The van der Waals surface area contributed by atoms with E-state index in [2.05, 4.69) is 10.3 Å². The van der Waals surface area contributed by atoms with E-state index < -0.39 is 11.4 Å². The zero-order chi connectivity index (χ0) is 20.5. The van der Waals surface area contributed by atoms with Gasteiger partial charge in [0.1, 0.15) is 11.4 Å². The number of hydrogen-bond acceptors (Lipinski definition) is 5. The SMILES string of the molecule is COc1cc(C)c2c(N[C@@H]3CCCN(C(=O)OC(C)(C)C)C3)nccc2c1F. The molecule has 6 nitrogen and oxygen atoms in total. The van der Waals surface area contributed by atoms with Crippen molar-refractivity contribution in [2.45, 2.75) is 52.2 Å². The highest BCUT2D eigenvalue weighted by Crippen LogP contribution is 2.33. The van der Waals surface area contributed by atoms with Crippen molar-refractivity contribution in [2.75, 3.05) is 25.5 Å². The standard InChI is InChI=1S/C21H28FN3O3/c1-13-11-16(27-5)18(22)15-8-9-23-19(17(13)15)24-14-7-6-10-25(12-14)20(26)28-21(2,3)4/h8-9,11,14H,6-7,10,12H2,1-5H3,(H,23,24)/t14-/m1/s1. The van der Waals surface area contributed by atoms with Gasteiger partial charge in [0.05, 0.1) is 7.11 Å². The Kier molecular flexibility index (Phi) is 5.63. The van der Waals surface area contributed by atoms with Crippen LogP contribution in [0.1, 0.15) is 39.2 Å². The molecule has 1 N–H and O–H groups in total. The van der Waals surface area contributed by atoms with Gasteiger partial charge >= 0.3 is 6.09 Å². The average Bonchev–Trinajstić information content (AvgIpc) is 2.63. The predicted molar refractivity (Wildman–Crippen MR) is 107 cm³/mol. The van der Waals surface area contributed by atoms with Crippen LogP contribution in [0.4, 0.5) is 15.0 Å². The number of fused-ring (bicyclic) bond motifs is 1. The van der Waals surface area contributed by atoms with E-state index in [0.717, 1.165) is 23.8 Å². The molecule has 1 atom stereocenters. The highest BCUT2D eigenvalue weighted by molar-refractivity contribution is 5.96. The number of amides is 1. The molecule has 3 rings (SSSR count). The number of aromatic nitrogens is 1. The van der Waals surface area contributed by atoms with Gasteiger partial charge in [-0.15, -0.1) is 0 Å². The molecule has 1 saturated heterocycles. The molecule has 0 bridgehead atoms. The molecule has 0 aliphatic carbocycles. The molecule has 1 aromatic carbocycles. The lowest BCUT2D eigenvalue weighted by molar-refractivity contribution is 0.0206. The minimum atomic E-state index is -0.525. The summed E-state index contributed by atoms with van der Waals surface area (Å²) in [6.07, 6.45) is 3.04. The third-order valence-electron chi connectivity index (χ3n) is 4.78. The molecule has 152 valence electrons. The Hall–Kier alpha value is -2.57. The zero-order valence-electron chi connectivity index (χ0n) is 17.1. The van der Waals surface area contributed by atoms with Crippen LogP contribution in [0.2, 0.25) is 0 Å². The topological polar surface area (TPSA) is 63.7 Å². The molecule has 2 aromatic rings. The molecule has 1 aliphatic heterocycles. The maximum Gasteiger partial charge on any atom is 0.410 e. The number of carbonyl (C=O) groups excluding carboxylic acids is 1. The summed E-state index contributed by atoms with van der Waals surface area (Å²) in [7, 11) is 1.46. The third kappa shape index (κ3) is 4.29. The maximum atomic E-state index is 14.7. The summed E-state index contributed by atoms with van der Waals surface area (Å²) < 4.78 is 25.3. The molecule has 0 saturated carbocycles. The van der Waals surface area contributed by atoms with Gasteiger partial charge in [-0.05, 0) is 58.2 Å². The van der Waals surface area contributed by atoms with E-state index in [9.17, 15) is 9.18 Å². The fourth-order valence-corrected chi connectivity index (χ4v) is 3.55. The maximum absolute atomic E-state index is 14.7. The van der Waals surface area contributed by atoms with Crippen molar-refractivity contribution in [3.8, 4) is 5.75 Å². The minimum absolute atomic E-state index is 0.0175. The van der Waals surface area contributed by atoms with Crippen LogP contribution in [-0.4, -0.2) is 47.8 Å². The van der Waals surface area contributed by atoms with E-state index in [-0.39, 0.29) is 17.9 Å². The van der Waals surface area contributed by atoms with Crippen molar-refractivity contribution in [1.29, 1.82) is 0 Å². The second kappa shape index (κ2) is 7.81. The van der Waals surface area contributed by atoms with Gasteiger partial charge < -0.3 is 19.7 Å². The van der Waals surface area contributed by atoms with E-state index >= 15 is 0 Å². The number of anilines is 1. The lowest BCUT2D eigenvalue weighted by Gasteiger charge is -2.34. The molecular formula is C21H28FN3O3. The summed E-state index contributed by atoms with van der Waals surface area (Å²) in [5.74, 6) is 0.441. The van der Waals surface area contributed by atoms with Crippen molar-refractivity contribution in [1.82, 2.24) is 9.88 Å². The number of ether oxygens (including phenoxy) is 2. The molecule has 2 heterocycles. The number of piperidine rings is 1. The van der Waals surface area contributed by atoms with Gasteiger partial charge in [-0.25, -0.2) is 14.2 Å². The number of pyridine rings is 1. The molecule has 0 unspecified atom stereocenters. The van der Waals surface area contributed by atoms with Crippen LogP contribution < -0.4 is 10.1 Å². The largest absolute Gasteiger partial charge is 0.494 e. The molecular weight excluding hydrogens is 361 g/mol. The first-order valence-corrected chi connectivity index (χ1v) is 9.56. The van der Waals surface area contributed by atoms with Crippen molar-refractivity contribution < 1.29 is 18.7 Å². The highest BCUT2D eigenvalue weighted by atomic mass is 19.1. The molecule has 1 amide bonds. The molecule has 1 aromatic heterocycles. The Morgan fingerprint density at radius 3 is 2.82 bits per heavy atom. The van der Waals surface area contributed by atoms with Crippen LogP contribution in [0.25, 0.3) is 10.8 Å². The molecule has 0 spiro atoms. The molecule has 0 radical (unpaired) electrons. The second-order valence-electron chi connectivity index (χ2n) is 8.20. The first-order valence-electron chi connectivity index (χ1n) is 9.56. The van der Waals surface area contributed by atoms with Crippen LogP contribution in [-0.2, 0) is 4.74 Å². The van der Waals surface area contributed by atoms with E-state index in [4.69, 9.17) is 9.47 Å². The minimum Gasteiger partial charge on any atom is -0.494 e. The monoisotopic (exact) mass is 389 g/mol. The number of halogens is 1. The Morgan fingerprint density at radius 2 is 2.14 bits per heavy atom. The highest BCUT2D eigenvalue weighted by Gasteiger charge is 2.28. The first kappa shape index (κ1) is 20.2. The number of hydrogen-bond donors (Lipinski definition) is 1. The van der Waals surface area contributed by atoms with Crippen molar-refractivity contribution in [3.63, 3.8) is 0 Å². The van der Waals surface area contributed by atoms with Gasteiger partial charge in [0.25, 0.3) is 0 Å². The first-order chi connectivity index (χ1) is 13.2. The predicted octanol–water partition coefficient (Wildman–Crippen LogP) is 4.50. The van der Waals surface area contributed by atoms with E-state index in [1.165, 1.54) is 7.11 Å². The van der Waals surface area contributed by atoms with Crippen LogP contribution in [0.15, 0.2) is 18.3 Å². The fraction of sp³-hybridized carbons (Fsp3) is 0.524. The summed E-state index contributed by atoms with van der Waals surface area (Å²) in [4.78, 5) is 18.5. The number of carbonyl (C=O) groups is 1. The van der Waals surface area contributed by atoms with Gasteiger partial charge in [0.2, 0.25) is 0 Å².